The molecule has 0 unspecified atom stereocenters. The van der Waals surface area contributed by atoms with E-state index in [1.165, 1.54) is 4.31 Å². The largest absolute Gasteiger partial charge is 0.379 e. The van der Waals surface area contributed by atoms with Gasteiger partial charge in [0, 0.05) is 54.3 Å². The second kappa shape index (κ2) is 11.8. The number of morpholine rings is 1. The Morgan fingerprint density at radius 3 is 2.48 bits per heavy atom. The molecule has 232 valence electrons. The molecule has 0 spiro atoms. The molecule has 0 atom stereocenters. The zero-order chi connectivity index (χ0) is 31.2. The van der Waals surface area contributed by atoms with E-state index in [-0.39, 0.29) is 40.5 Å². The minimum atomic E-state index is -3.76. The molecule has 2 fully saturated rings. The third-order valence-corrected chi connectivity index (χ3v) is 10.8. The van der Waals surface area contributed by atoms with Crippen LogP contribution in [0.3, 0.4) is 0 Å². The lowest BCUT2D eigenvalue weighted by molar-refractivity contribution is -0.384. The maximum absolute atomic E-state index is 13.6. The molecule has 0 bridgehead atoms. The quantitative estimate of drug-likeness (QED) is 0.206. The highest BCUT2D eigenvalue weighted by Gasteiger charge is 2.35. The Bertz CT molecular complexity index is 1770. The second-order valence-electron chi connectivity index (χ2n) is 11.5. The molecule has 0 radical (unpaired) electrons. The zero-order valence-electron chi connectivity index (χ0n) is 25.2. The number of hydrogen-bond acceptors (Lipinski definition) is 7. The summed E-state index contributed by atoms with van der Waals surface area (Å²) in [6.07, 6.45) is 6.05. The number of aromatic nitrogens is 1. The van der Waals surface area contributed by atoms with Crippen LogP contribution in [0.15, 0.2) is 47.4 Å². The van der Waals surface area contributed by atoms with E-state index < -0.39 is 10.0 Å². The van der Waals surface area contributed by atoms with Crippen molar-refractivity contribution in [3.63, 3.8) is 0 Å². The summed E-state index contributed by atoms with van der Waals surface area (Å²) in [4.78, 5) is 27.1. The number of hydrogen-bond donors (Lipinski definition) is 1. The average molecular weight is 620 g/mol. The first-order chi connectivity index (χ1) is 21.1. The number of sulfonamides is 1. The Labute approximate surface area is 257 Å². The normalized spacial score (nSPS) is 18.8. The van der Waals surface area contributed by atoms with Crippen LogP contribution >= 0.6 is 0 Å². The van der Waals surface area contributed by atoms with Crippen LogP contribution in [-0.4, -0.2) is 67.0 Å². The van der Waals surface area contributed by atoms with Crippen LogP contribution in [-0.2, 0) is 19.6 Å². The van der Waals surface area contributed by atoms with E-state index in [9.17, 15) is 23.3 Å². The molecular formula is C32H37N5O6S. The SMILES string of the molecule is CCN1C(=O)/C(=C\c2cc(C)n(-c3ccc(NC4CCCC4)c([N+](=O)[O-])c3)c2C)c2cc(S(=O)(=O)N3CCOCC3)ccc21. The Morgan fingerprint density at radius 1 is 1.07 bits per heavy atom. The van der Waals surface area contributed by atoms with Gasteiger partial charge in [-0.05, 0) is 81.7 Å². The van der Waals surface area contributed by atoms with Gasteiger partial charge in [0.15, 0.2) is 0 Å². The number of nitro groups is 1. The standard InChI is InChI=1S/C32H37N5O6S/c1-4-35-30-12-10-26(44(41,42)34-13-15-43-16-14-34)20-27(30)28(32(35)38)18-23-17-21(2)36(22(23)3)25-9-11-29(31(19-25)37(39)40)33-24-7-5-6-8-24/h9-12,17-20,24,33H,4-8,13-16H2,1-3H3/b28-18-. The highest BCUT2D eigenvalue weighted by Crippen LogP contribution is 2.40. The van der Waals surface area contributed by atoms with Gasteiger partial charge in [-0.1, -0.05) is 12.8 Å². The fourth-order valence-electron chi connectivity index (χ4n) is 6.60. The first kappa shape index (κ1) is 30.0. The van der Waals surface area contributed by atoms with Crippen LogP contribution in [0, 0.1) is 24.0 Å². The fraction of sp³-hybridized carbons (Fsp3) is 0.406. The van der Waals surface area contributed by atoms with Crippen LogP contribution in [0.2, 0.25) is 0 Å². The summed E-state index contributed by atoms with van der Waals surface area (Å²) in [6, 6.07) is 12.3. The topological polar surface area (TPSA) is 127 Å². The van der Waals surface area contributed by atoms with Crippen molar-refractivity contribution in [1.29, 1.82) is 0 Å². The predicted octanol–water partition coefficient (Wildman–Crippen LogP) is 5.28. The Kier molecular flexibility index (Phi) is 8.08. The molecule has 6 rings (SSSR count). The third kappa shape index (κ3) is 5.31. The van der Waals surface area contributed by atoms with E-state index >= 15 is 0 Å². The first-order valence-corrected chi connectivity index (χ1v) is 16.5. The van der Waals surface area contributed by atoms with E-state index in [2.05, 4.69) is 5.32 Å². The maximum atomic E-state index is 13.6. The maximum Gasteiger partial charge on any atom is 0.294 e. The number of nitrogens with zero attached hydrogens (tertiary/aromatic N) is 4. The Morgan fingerprint density at radius 2 is 1.80 bits per heavy atom. The number of carbonyl (C=O) groups excluding carboxylic acids is 1. The lowest BCUT2D eigenvalue weighted by Crippen LogP contribution is -2.40. The molecule has 1 aliphatic carbocycles. The van der Waals surface area contributed by atoms with Gasteiger partial charge in [0.25, 0.3) is 11.6 Å². The zero-order valence-corrected chi connectivity index (χ0v) is 26.0. The van der Waals surface area contributed by atoms with Crippen molar-refractivity contribution in [3.8, 4) is 5.69 Å². The lowest BCUT2D eigenvalue weighted by Gasteiger charge is -2.26. The van der Waals surface area contributed by atoms with Crippen molar-refractivity contribution >= 4 is 44.6 Å². The Hall–Kier alpha value is -4.00. The van der Waals surface area contributed by atoms with E-state index in [4.69, 9.17) is 4.74 Å². The van der Waals surface area contributed by atoms with E-state index in [1.54, 1.807) is 41.3 Å². The number of likely N-dealkylation sites (N-methyl/N-ethyl adjacent to an activating group) is 1. The number of ether oxygens (including phenoxy) is 1. The summed E-state index contributed by atoms with van der Waals surface area (Å²) >= 11 is 0. The number of nitrogens with one attached hydrogen (secondary N) is 1. The molecule has 2 aliphatic heterocycles. The van der Waals surface area contributed by atoms with Gasteiger partial charge in [0.05, 0.1) is 34.4 Å². The molecule has 3 aliphatic rings. The minimum Gasteiger partial charge on any atom is -0.379 e. The van der Waals surface area contributed by atoms with Gasteiger partial charge in [-0.3, -0.25) is 14.9 Å². The number of aryl methyl sites for hydroxylation is 1. The van der Waals surface area contributed by atoms with Crippen LogP contribution in [0.4, 0.5) is 17.1 Å². The molecule has 1 saturated carbocycles. The van der Waals surface area contributed by atoms with Crippen molar-refractivity contribution in [2.75, 3.05) is 43.1 Å². The highest BCUT2D eigenvalue weighted by atomic mass is 32.2. The molecule has 3 heterocycles. The van der Waals surface area contributed by atoms with Gasteiger partial charge in [0.2, 0.25) is 10.0 Å². The van der Waals surface area contributed by atoms with E-state index in [0.29, 0.717) is 48.0 Å². The summed E-state index contributed by atoms with van der Waals surface area (Å²) in [7, 11) is -3.76. The molecule has 12 heteroatoms. The number of carbonyl (C=O) groups is 1. The fourth-order valence-corrected chi connectivity index (χ4v) is 8.03. The lowest BCUT2D eigenvalue weighted by atomic mass is 10.0. The number of nitro benzene ring substituents is 1. The molecular weight excluding hydrogens is 582 g/mol. The van der Waals surface area contributed by atoms with Crippen LogP contribution in [0.25, 0.3) is 17.3 Å². The van der Waals surface area contributed by atoms with Gasteiger partial charge in [-0.15, -0.1) is 0 Å². The number of amides is 1. The van der Waals surface area contributed by atoms with E-state index in [1.807, 2.05) is 37.5 Å². The summed E-state index contributed by atoms with van der Waals surface area (Å²) in [6.45, 7) is 7.39. The van der Waals surface area contributed by atoms with Gasteiger partial charge in [0.1, 0.15) is 5.69 Å². The first-order valence-electron chi connectivity index (χ1n) is 15.1. The molecule has 1 saturated heterocycles. The van der Waals surface area contributed by atoms with Crippen LogP contribution in [0.1, 0.15) is 55.1 Å². The minimum absolute atomic E-state index is 0.0225. The summed E-state index contributed by atoms with van der Waals surface area (Å²) in [5.74, 6) is -0.203. The van der Waals surface area contributed by atoms with Crippen molar-refractivity contribution in [2.45, 2.75) is 57.4 Å². The molecule has 3 aromatic rings. The molecule has 2 aromatic carbocycles. The van der Waals surface area contributed by atoms with Crippen LogP contribution in [0.5, 0.6) is 0 Å². The Balaban J connectivity index is 1.38. The van der Waals surface area contributed by atoms with Gasteiger partial charge in [-0.25, -0.2) is 8.42 Å². The smallest absolute Gasteiger partial charge is 0.294 e. The summed E-state index contributed by atoms with van der Waals surface area (Å²) in [5, 5.41) is 15.4. The number of rotatable bonds is 8. The van der Waals surface area contributed by atoms with Crippen molar-refractivity contribution in [2.24, 2.45) is 0 Å². The number of fused-ring (bicyclic) bond motifs is 1. The monoisotopic (exact) mass is 619 g/mol. The van der Waals surface area contributed by atoms with Crippen molar-refractivity contribution < 1.29 is 22.9 Å². The molecule has 44 heavy (non-hydrogen) atoms. The molecule has 1 N–H and O–H groups in total. The third-order valence-electron chi connectivity index (χ3n) is 8.87. The summed E-state index contributed by atoms with van der Waals surface area (Å²) in [5.41, 5.74) is 5.26. The number of benzene rings is 2. The van der Waals surface area contributed by atoms with Gasteiger partial charge >= 0.3 is 0 Å². The average Bonchev–Trinajstić information content (AvgIpc) is 3.70. The second-order valence-corrected chi connectivity index (χ2v) is 13.5. The van der Waals surface area contributed by atoms with Crippen molar-refractivity contribution in [1.82, 2.24) is 8.87 Å². The highest BCUT2D eigenvalue weighted by molar-refractivity contribution is 7.89. The molecule has 1 amide bonds. The molecule has 11 nitrogen and oxygen atoms in total. The van der Waals surface area contributed by atoms with Gasteiger partial charge in [-0.2, -0.15) is 4.31 Å². The van der Waals surface area contributed by atoms with Crippen molar-refractivity contribution in [3.05, 3.63) is 75.1 Å². The van der Waals surface area contributed by atoms with Crippen LogP contribution < -0.4 is 10.2 Å². The number of anilines is 2. The van der Waals surface area contributed by atoms with Gasteiger partial charge < -0.3 is 19.5 Å². The van der Waals surface area contributed by atoms with E-state index in [0.717, 1.165) is 42.6 Å². The predicted molar refractivity (Wildman–Crippen MR) is 170 cm³/mol. The summed E-state index contributed by atoms with van der Waals surface area (Å²) < 4.78 is 35.6. The molecule has 1 aromatic heterocycles.